The largest absolute Gasteiger partial charge is 0.506 e. The van der Waals surface area contributed by atoms with Gasteiger partial charge in [-0.05, 0) is 35.7 Å². The molecular weight excluding hydrogens is 404 g/mol. The average Bonchev–Trinajstić information content (AvgIpc) is 3.18. The van der Waals surface area contributed by atoms with Crippen LogP contribution in [-0.2, 0) is 13.0 Å². The van der Waals surface area contributed by atoms with Crippen molar-refractivity contribution in [1.82, 2.24) is 9.55 Å². The topological polar surface area (TPSA) is 55.1 Å². The monoisotopic (exact) mass is 420 g/mol. The van der Waals surface area contributed by atoms with Crippen LogP contribution in [0.3, 0.4) is 0 Å². The molecule has 0 unspecified atom stereocenters. The highest BCUT2D eigenvalue weighted by Crippen LogP contribution is 2.39. The fourth-order valence-corrected chi connectivity index (χ4v) is 5.14. The van der Waals surface area contributed by atoms with Crippen LogP contribution in [0.25, 0.3) is 21.5 Å². The first-order valence-corrected chi connectivity index (χ1v) is 10.6. The van der Waals surface area contributed by atoms with E-state index >= 15 is 0 Å². The van der Waals surface area contributed by atoms with Crippen molar-refractivity contribution in [2.45, 2.75) is 19.9 Å². The first-order chi connectivity index (χ1) is 14.1. The second-order valence-corrected chi connectivity index (χ2v) is 8.49. The summed E-state index contributed by atoms with van der Waals surface area (Å²) >= 11 is 7.97. The molecular formula is C23H17ClN2O2S. The van der Waals surface area contributed by atoms with Gasteiger partial charge >= 0.3 is 0 Å². The highest BCUT2D eigenvalue weighted by atomic mass is 35.5. The van der Waals surface area contributed by atoms with Gasteiger partial charge in [-0.1, -0.05) is 54.9 Å². The van der Waals surface area contributed by atoms with Gasteiger partial charge in [0.25, 0.3) is 5.56 Å². The molecule has 144 valence electrons. The van der Waals surface area contributed by atoms with E-state index in [0.29, 0.717) is 33.9 Å². The van der Waals surface area contributed by atoms with E-state index in [-0.39, 0.29) is 11.3 Å². The normalized spacial score (nSPS) is 14.6. The summed E-state index contributed by atoms with van der Waals surface area (Å²) in [4.78, 5) is 19.2. The van der Waals surface area contributed by atoms with E-state index in [4.69, 9.17) is 11.6 Å². The lowest BCUT2D eigenvalue weighted by Crippen LogP contribution is -2.23. The van der Waals surface area contributed by atoms with E-state index in [1.54, 1.807) is 23.5 Å². The molecule has 0 amide bonds. The minimum Gasteiger partial charge on any atom is -0.506 e. The number of nitrogens with zero attached hydrogens (tertiary/aromatic N) is 2. The van der Waals surface area contributed by atoms with Gasteiger partial charge in [-0.25, -0.2) is 0 Å². The molecule has 0 spiro atoms. The minimum atomic E-state index is -0.272. The molecule has 0 bridgehead atoms. The van der Waals surface area contributed by atoms with E-state index in [0.717, 1.165) is 27.3 Å². The summed E-state index contributed by atoms with van der Waals surface area (Å²) in [7, 11) is 0. The van der Waals surface area contributed by atoms with Crippen LogP contribution in [-0.4, -0.2) is 14.7 Å². The Morgan fingerprint density at radius 1 is 1.21 bits per heavy atom. The van der Waals surface area contributed by atoms with Crippen molar-refractivity contribution in [1.29, 1.82) is 0 Å². The third-order valence-electron chi connectivity index (χ3n) is 5.26. The van der Waals surface area contributed by atoms with Crippen molar-refractivity contribution >= 4 is 44.5 Å². The zero-order chi connectivity index (χ0) is 20.1. The molecule has 1 aliphatic rings. The van der Waals surface area contributed by atoms with Crippen molar-refractivity contribution in [3.63, 3.8) is 0 Å². The number of benzene rings is 2. The van der Waals surface area contributed by atoms with Crippen LogP contribution in [0.2, 0.25) is 5.02 Å². The Morgan fingerprint density at radius 2 is 1.97 bits per heavy atom. The Bertz CT molecular complexity index is 1370. The number of rotatable bonds is 2. The van der Waals surface area contributed by atoms with Crippen molar-refractivity contribution in [2.24, 2.45) is 0 Å². The van der Waals surface area contributed by atoms with Crippen molar-refractivity contribution < 1.29 is 5.11 Å². The summed E-state index contributed by atoms with van der Waals surface area (Å²) in [5.74, 6) is 0.498. The Morgan fingerprint density at radius 3 is 2.76 bits per heavy atom. The van der Waals surface area contributed by atoms with Gasteiger partial charge in [0.2, 0.25) is 0 Å². The lowest BCUT2D eigenvalue weighted by atomic mass is 9.92. The Kier molecular flexibility index (Phi) is 4.30. The van der Waals surface area contributed by atoms with Gasteiger partial charge < -0.3 is 9.67 Å². The maximum Gasteiger partial charge on any atom is 0.281 e. The minimum absolute atomic E-state index is 0.0232. The van der Waals surface area contributed by atoms with Gasteiger partial charge in [-0.2, -0.15) is 4.98 Å². The van der Waals surface area contributed by atoms with E-state index in [1.807, 2.05) is 47.0 Å². The van der Waals surface area contributed by atoms with E-state index < -0.39 is 0 Å². The molecule has 0 saturated heterocycles. The second kappa shape index (κ2) is 6.87. The maximum atomic E-state index is 12.8. The zero-order valence-corrected chi connectivity index (χ0v) is 17.2. The van der Waals surface area contributed by atoms with Crippen LogP contribution in [0.5, 0.6) is 0 Å². The predicted octanol–water partition coefficient (Wildman–Crippen LogP) is 5.51. The zero-order valence-electron chi connectivity index (χ0n) is 15.6. The smallest absolute Gasteiger partial charge is 0.281 e. The standard InChI is InChI=1S/C23H17ClN2O2S/c1-2-14-11-17-22(28)25-21-19(20(27)16-9-5-6-10-18(16)24)15-8-4-3-7-13(15)12-26(21)23(17)29-14/h3-11,27H,2,12H2,1H3/b20-19+. The number of aliphatic hydroxyl groups excluding tert-OH is 1. The summed E-state index contributed by atoms with van der Waals surface area (Å²) in [6, 6.07) is 17.0. The SMILES string of the molecule is CCc1cc2c(=O)nc3n(c2s1)Cc1ccccc1/C3=C(\O)c1ccccc1Cl. The molecule has 6 heteroatoms. The molecule has 0 radical (unpaired) electrons. The highest BCUT2D eigenvalue weighted by molar-refractivity contribution is 7.18. The van der Waals surface area contributed by atoms with Crippen LogP contribution < -0.4 is 5.56 Å². The van der Waals surface area contributed by atoms with Crippen molar-refractivity contribution in [3.8, 4) is 0 Å². The molecule has 3 heterocycles. The molecule has 4 nitrogen and oxygen atoms in total. The molecule has 0 fully saturated rings. The molecule has 2 aromatic heterocycles. The summed E-state index contributed by atoms with van der Waals surface area (Å²) in [6.07, 6.45) is 0.859. The van der Waals surface area contributed by atoms with Gasteiger partial charge in [0, 0.05) is 10.4 Å². The number of halogens is 1. The van der Waals surface area contributed by atoms with Crippen molar-refractivity contribution in [3.05, 3.63) is 97.4 Å². The van der Waals surface area contributed by atoms with Gasteiger partial charge in [-0.15, -0.1) is 11.3 Å². The molecule has 1 N–H and O–H groups in total. The Balaban J connectivity index is 1.90. The number of aliphatic hydroxyl groups is 1. The summed E-state index contributed by atoms with van der Waals surface area (Å²) < 4.78 is 2.03. The van der Waals surface area contributed by atoms with Gasteiger partial charge in [0.05, 0.1) is 22.5 Å². The summed E-state index contributed by atoms with van der Waals surface area (Å²) in [6.45, 7) is 2.67. The third-order valence-corrected chi connectivity index (χ3v) is 6.89. The molecule has 0 aliphatic carbocycles. The highest BCUT2D eigenvalue weighted by Gasteiger charge is 2.28. The quantitative estimate of drug-likeness (QED) is 0.383. The van der Waals surface area contributed by atoms with E-state index in [2.05, 4.69) is 11.9 Å². The number of fused-ring (bicyclic) bond motifs is 4. The molecule has 2 aromatic carbocycles. The molecule has 0 saturated carbocycles. The second-order valence-electron chi connectivity index (χ2n) is 6.97. The first-order valence-electron chi connectivity index (χ1n) is 9.38. The van der Waals surface area contributed by atoms with Gasteiger partial charge in [0.15, 0.2) is 0 Å². The van der Waals surface area contributed by atoms with E-state index in [1.165, 1.54) is 0 Å². The lowest BCUT2D eigenvalue weighted by Gasteiger charge is -2.25. The Labute approximate surface area is 176 Å². The van der Waals surface area contributed by atoms with Gasteiger partial charge in [-0.3, -0.25) is 4.79 Å². The molecule has 5 rings (SSSR count). The number of hydrogen-bond donors (Lipinski definition) is 1. The van der Waals surface area contributed by atoms with Gasteiger partial charge in [0.1, 0.15) is 16.4 Å². The third kappa shape index (κ3) is 2.81. The number of aryl methyl sites for hydroxylation is 1. The number of hydrogen-bond acceptors (Lipinski definition) is 4. The fraction of sp³-hybridized carbons (Fsp3) is 0.130. The van der Waals surface area contributed by atoms with E-state index in [9.17, 15) is 9.90 Å². The molecule has 0 atom stereocenters. The lowest BCUT2D eigenvalue weighted by molar-refractivity contribution is 0.512. The molecule has 1 aliphatic heterocycles. The van der Waals surface area contributed by atoms with Crippen molar-refractivity contribution in [2.75, 3.05) is 0 Å². The first kappa shape index (κ1) is 18.2. The maximum absolute atomic E-state index is 12.8. The average molecular weight is 421 g/mol. The fourth-order valence-electron chi connectivity index (χ4n) is 3.82. The molecule has 4 aromatic rings. The number of thiophene rings is 1. The van der Waals surface area contributed by atoms with Crippen LogP contribution in [0.15, 0.2) is 59.4 Å². The predicted molar refractivity (Wildman–Crippen MR) is 119 cm³/mol. The van der Waals surface area contributed by atoms with Crippen LogP contribution in [0, 0.1) is 0 Å². The summed E-state index contributed by atoms with van der Waals surface area (Å²) in [5, 5.41) is 12.4. The Hall–Kier alpha value is -2.89. The van der Waals surface area contributed by atoms with Crippen LogP contribution in [0.4, 0.5) is 0 Å². The summed E-state index contributed by atoms with van der Waals surface area (Å²) in [5.41, 5.74) is 2.70. The molecule has 29 heavy (non-hydrogen) atoms. The van der Waals surface area contributed by atoms with Crippen LogP contribution >= 0.6 is 22.9 Å². The van der Waals surface area contributed by atoms with Crippen LogP contribution in [0.1, 0.15) is 34.3 Å². The number of aromatic nitrogens is 2.